The van der Waals surface area contributed by atoms with Crippen molar-refractivity contribution in [3.05, 3.63) is 57.9 Å². The van der Waals surface area contributed by atoms with Crippen molar-refractivity contribution in [1.29, 1.82) is 0 Å². The Morgan fingerprint density at radius 2 is 1.77 bits per heavy atom. The molecule has 1 fully saturated rings. The highest BCUT2D eigenvalue weighted by Crippen LogP contribution is 2.23. The summed E-state index contributed by atoms with van der Waals surface area (Å²) in [5, 5.41) is 0.619. The van der Waals surface area contributed by atoms with E-state index in [-0.39, 0.29) is 17.1 Å². The number of amides is 1. The van der Waals surface area contributed by atoms with Crippen molar-refractivity contribution in [2.45, 2.75) is 31.0 Å². The van der Waals surface area contributed by atoms with Gasteiger partial charge in [0.05, 0.1) is 27.3 Å². The van der Waals surface area contributed by atoms with Gasteiger partial charge in [0.15, 0.2) is 4.80 Å². The number of benzene rings is 2. The molecule has 3 aromatic rings. The SMILES string of the molecule is C[C@@H]1CN(S(=O)(=O)c2ccc(C(=O)N=c3sc4cc(Cl)ccc4n3C)cc2)C[C@@H](C)O1. The Morgan fingerprint density at radius 1 is 1.13 bits per heavy atom. The van der Waals surface area contributed by atoms with Crippen LogP contribution >= 0.6 is 22.9 Å². The van der Waals surface area contributed by atoms with Crippen molar-refractivity contribution in [2.24, 2.45) is 12.0 Å². The predicted octanol–water partition coefficient (Wildman–Crippen LogP) is 3.43. The lowest BCUT2D eigenvalue weighted by molar-refractivity contribution is -0.0440. The highest BCUT2D eigenvalue weighted by atomic mass is 35.5. The number of sulfonamides is 1. The van der Waals surface area contributed by atoms with Crippen LogP contribution in [0.4, 0.5) is 0 Å². The highest BCUT2D eigenvalue weighted by molar-refractivity contribution is 7.89. The number of hydrogen-bond acceptors (Lipinski definition) is 5. The highest BCUT2D eigenvalue weighted by Gasteiger charge is 2.32. The molecule has 31 heavy (non-hydrogen) atoms. The van der Waals surface area contributed by atoms with Crippen molar-refractivity contribution in [3.63, 3.8) is 0 Å². The minimum absolute atomic E-state index is 0.146. The fourth-order valence-electron chi connectivity index (χ4n) is 3.61. The van der Waals surface area contributed by atoms with Crippen LogP contribution in [-0.2, 0) is 21.8 Å². The fourth-order valence-corrected chi connectivity index (χ4v) is 6.49. The minimum Gasteiger partial charge on any atom is -0.373 e. The molecule has 2 atom stereocenters. The summed E-state index contributed by atoms with van der Waals surface area (Å²) in [4.78, 5) is 17.6. The number of nitrogens with zero attached hydrogens (tertiary/aromatic N) is 3. The van der Waals surface area contributed by atoms with Gasteiger partial charge in [0.1, 0.15) is 0 Å². The van der Waals surface area contributed by atoms with Gasteiger partial charge in [0.2, 0.25) is 10.0 Å². The quantitative estimate of drug-likeness (QED) is 0.576. The number of ether oxygens (including phenoxy) is 1. The van der Waals surface area contributed by atoms with E-state index in [9.17, 15) is 13.2 Å². The average molecular weight is 480 g/mol. The maximum Gasteiger partial charge on any atom is 0.279 e. The van der Waals surface area contributed by atoms with E-state index in [1.807, 2.05) is 37.6 Å². The van der Waals surface area contributed by atoms with Crippen LogP contribution in [0.25, 0.3) is 10.2 Å². The van der Waals surface area contributed by atoms with Crippen LogP contribution in [0.2, 0.25) is 5.02 Å². The Labute approximate surface area is 189 Å². The molecule has 1 aromatic heterocycles. The molecule has 164 valence electrons. The zero-order valence-electron chi connectivity index (χ0n) is 17.3. The molecule has 0 unspecified atom stereocenters. The molecule has 0 bridgehead atoms. The second-order valence-corrected chi connectivity index (χ2v) is 11.0. The van der Waals surface area contributed by atoms with Crippen LogP contribution in [0.15, 0.2) is 52.4 Å². The lowest BCUT2D eigenvalue weighted by atomic mass is 10.2. The van der Waals surface area contributed by atoms with Crippen molar-refractivity contribution >= 4 is 49.1 Å². The standard InChI is InChI=1S/C21H22ClN3O4S2/c1-13-11-25(12-14(2)29-13)31(27,28)17-7-4-15(5-8-17)20(26)23-21-24(3)18-9-6-16(22)10-19(18)30-21/h4-10,13-14H,11-12H2,1-3H3/t13-,14-/m1/s1. The Balaban J connectivity index is 1.60. The Kier molecular flexibility index (Phi) is 6.06. The molecular formula is C21H22ClN3O4S2. The fraction of sp³-hybridized carbons (Fsp3) is 0.333. The first-order chi connectivity index (χ1) is 14.6. The third-order valence-electron chi connectivity index (χ3n) is 5.09. The minimum atomic E-state index is -3.66. The van der Waals surface area contributed by atoms with Crippen LogP contribution in [0.5, 0.6) is 0 Å². The molecule has 1 amide bonds. The third kappa shape index (κ3) is 4.47. The molecular weight excluding hydrogens is 458 g/mol. The molecule has 4 rings (SSSR count). The monoisotopic (exact) mass is 479 g/mol. The van der Waals surface area contributed by atoms with E-state index in [1.54, 1.807) is 6.07 Å². The number of aryl methyl sites for hydroxylation is 1. The van der Waals surface area contributed by atoms with E-state index < -0.39 is 15.9 Å². The van der Waals surface area contributed by atoms with Crippen LogP contribution in [0.1, 0.15) is 24.2 Å². The summed E-state index contributed by atoms with van der Waals surface area (Å²) in [5.74, 6) is -0.439. The molecule has 7 nitrogen and oxygen atoms in total. The molecule has 0 spiro atoms. The zero-order valence-corrected chi connectivity index (χ0v) is 19.7. The molecule has 1 aliphatic rings. The molecule has 1 aliphatic heterocycles. The molecule has 0 aliphatic carbocycles. The van der Waals surface area contributed by atoms with Crippen molar-refractivity contribution in [3.8, 4) is 0 Å². The van der Waals surface area contributed by atoms with Crippen molar-refractivity contribution < 1.29 is 17.9 Å². The van der Waals surface area contributed by atoms with Gasteiger partial charge in [-0.1, -0.05) is 22.9 Å². The van der Waals surface area contributed by atoms with Gasteiger partial charge in [-0.2, -0.15) is 9.30 Å². The van der Waals surface area contributed by atoms with Gasteiger partial charge >= 0.3 is 0 Å². The Hall–Kier alpha value is -2.04. The van der Waals surface area contributed by atoms with E-state index in [0.717, 1.165) is 10.2 Å². The van der Waals surface area contributed by atoms with E-state index in [1.165, 1.54) is 39.9 Å². The molecule has 0 radical (unpaired) electrons. The number of carbonyl (C=O) groups is 1. The van der Waals surface area contributed by atoms with E-state index in [4.69, 9.17) is 16.3 Å². The molecule has 0 saturated carbocycles. The summed E-state index contributed by atoms with van der Waals surface area (Å²) in [6.07, 6.45) is -0.342. The van der Waals surface area contributed by atoms with Crippen LogP contribution < -0.4 is 4.80 Å². The lowest BCUT2D eigenvalue weighted by Crippen LogP contribution is -2.48. The first kappa shape index (κ1) is 22.2. The van der Waals surface area contributed by atoms with Gasteiger partial charge < -0.3 is 9.30 Å². The topological polar surface area (TPSA) is 81.0 Å². The molecule has 10 heteroatoms. The predicted molar refractivity (Wildman–Crippen MR) is 121 cm³/mol. The Bertz CT molecular complexity index is 1300. The summed E-state index contributed by atoms with van der Waals surface area (Å²) >= 11 is 7.41. The second kappa shape index (κ2) is 8.48. The van der Waals surface area contributed by atoms with E-state index in [0.29, 0.717) is 28.5 Å². The first-order valence-electron chi connectivity index (χ1n) is 9.75. The smallest absolute Gasteiger partial charge is 0.279 e. The number of rotatable bonds is 3. The molecule has 1 saturated heterocycles. The number of aromatic nitrogens is 1. The summed E-state index contributed by atoms with van der Waals surface area (Å²) in [6, 6.07) is 11.4. The van der Waals surface area contributed by atoms with Gasteiger partial charge in [-0.25, -0.2) is 8.42 Å². The average Bonchev–Trinajstić information content (AvgIpc) is 3.01. The molecule has 0 N–H and O–H groups in total. The van der Waals surface area contributed by atoms with E-state index >= 15 is 0 Å². The first-order valence-corrected chi connectivity index (χ1v) is 12.4. The number of carbonyl (C=O) groups excluding carboxylic acids is 1. The number of halogens is 1. The molecule has 2 heterocycles. The van der Waals surface area contributed by atoms with Gasteiger partial charge in [-0.05, 0) is 56.3 Å². The maximum absolute atomic E-state index is 13.0. The number of thiazole rings is 1. The van der Waals surface area contributed by atoms with Crippen LogP contribution in [-0.4, -0.2) is 48.5 Å². The number of fused-ring (bicyclic) bond motifs is 1. The third-order valence-corrected chi connectivity index (χ3v) is 8.27. The van der Waals surface area contributed by atoms with Gasteiger partial charge in [0, 0.05) is 30.7 Å². The summed E-state index contributed by atoms with van der Waals surface area (Å²) in [7, 11) is -1.83. The second-order valence-electron chi connectivity index (χ2n) is 7.58. The number of hydrogen-bond donors (Lipinski definition) is 0. The van der Waals surface area contributed by atoms with Gasteiger partial charge in [-0.3, -0.25) is 4.79 Å². The lowest BCUT2D eigenvalue weighted by Gasteiger charge is -2.34. The van der Waals surface area contributed by atoms with Crippen molar-refractivity contribution in [2.75, 3.05) is 13.1 Å². The number of morpholine rings is 1. The summed E-state index contributed by atoms with van der Waals surface area (Å²) in [5.41, 5.74) is 1.24. The normalized spacial score (nSPS) is 21.0. The summed E-state index contributed by atoms with van der Waals surface area (Å²) < 4.78 is 35.7. The zero-order chi connectivity index (χ0) is 22.3. The Morgan fingerprint density at radius 3 is 2.42 bits per heavy atom. The van der Waals surface area contributed by atoms with Gasteiger partial charge in [0.25, 0.3) is 5.91 Å². The molecule has 2 aromatic carbocycles. The van der Waals surface area contributed by atoms with Gasteiger partial charge in [-0.15, -0.1) is 0 Å². The maximum atomic E-state index is 13.0. The van der Waals surface area contributed by atoms with Crippen LogP contribution in [0.3, 0.4) is 0 Å². The van der Waals surface area contributed by atoms with Crippen LogP contribution in [0, 0.1) is 0 Å². The summed E-state index contributed by atoms with van der Waals surface area (Å²) in [6.45, 7) is 4.30. The largest absolute Gasteiger partial charge is 0.373 e. The van der Waals surface area contributed by atoms with Crippen molar-refractivity contribution in [1.82, 2.24) is 8.87 Å². The van der Waals surface area contributed by atoms with E-state index in [2.05, 4.69) is 4.99 Å².